The standard InChI is InChI=1S/C18H18BrN5O3S/c1-26-13-6-7-14(15(9-13)27-2)21-16(25)10-28-18-23-22-17(24(18)20)11-4-3-5-12(19)8-11/h3-9H,10,20H2,1-2H3,(H,21,25). The van der Waals surface area contributed by atoms with Gasteiger partial charge in [0.1, 0.15) is 11.5 Å². The molecule has 0 aliphatic carbocycles. The number of hydrogen-bond donors (Lipinski definition) is 2. The number of carbonyl (C=O) groups excluding carboxylic acids is 1. The van der Waals surface area contributed by atoms with Gasteiger partial charge in [-0.25, -0.2) is 4.68 Å². The molecule has 3 rings (SSSR count). The van der Waals surface area contributed by atoms with Crippen LogP contribution in [0.2, 0.25) is 0 Å². The number of aromatic nitrogens is 3. The molecule has 0 bridgehead atoms. The second-order valence-electron chi connectivity index (χ2n) is 5.59. The van der Waals surface area contributed by atoms with Gasteiger partial charge in [-0.05, 0) is 24.3 Å². The van der Waals surface area contributed by atoms with Gasteiger partial charge >= 0.3 is 0 Å². The summed E-state index contributed by atoms with van der Waals surface area (Å²) in [5, 5.41) is 11.4. The number of nitrogens with zero attached hydrogens (tertiary/aromatic N) is 3. The molecule has 1 aromatic heterocycles. The molecule has 0 fully saturated rings. The predicted octanol–water partition coefficient (Wildman–Crippen LogP) is 3.17. The minimum atomic E-state index is -0.222. The normalized spacial score (nSPS) is 10.5. The zero-order chi connectivity index (χ0) is 20.1. The second kappa shape index (κ2) is 8.98. The number of methoxy groups -OCH3 is 2. The lowest BCUT2D eigenvalue weighted by atomic mass is 10.2. The van der Waals surface area contributed by atoms with Gasteiger partial charge < -0.3 is 20.6 Å². The van der Waals surface area contributed by atoms with Crippen LogP contribution in [0.1, 0.15) is 0 Å². The van der Waals surface area contributed by atoms with Crippen LogP contribution in [0, 0.1) is 0 Å². The van der Waals surface area contributed by atoms with Crippen LogP contribution in [-0.2, 0) is 4.79 Å². The first-order valence-electron chi connectivity index (χ1n) is 8.13. The molecule has 1 amide bonds. The third-order valence-electron chi connectivity index (χ3n) is 3.76. The van der Waals surface area contributed by atoms with Gasteiger partial charge in [0, 0.05) is 16.1 Å². The van der Waals surface area contributed by atoms with E-state index >= 15 is 0 Å². The van der Waals surface area contributed by atoms with Crippen molar-refractivity contribution in [1.82, 2.24) is 14.9 Å². The number of nitrogens with one attached hydrogen (secondary N) is 1. The lowest BCUT2D eigenvalue weighted by Gasteiger charge is -2.11. The Balaban J connectivity index is 1.66. The zero-order valence-corrected chi connectivity index (χ0v) is 17.6. The number of benzene rings is 2. The molecular weight excluding hydrogens is 446 g/mol. The number of nitrogen functional groups attached to an aromatic ring is 1. The summed E-state index contributed by atoms with van der Waals surface area (Å²) in [5.41, 5.74) is 1.38. The summed E-state index contributed by atoms with van der Waals surface area (Å²) in [6, 6.07) is 12.7. The Hall–Kier alpha value is -2.72. The molecule has 28 heavy (non-hydrogen) atoms. The molecule has 0 atom stereocenters. The average Bonchev–Trinajstić information content (AvgIpc) is 3.07. The first-order valence-corrected chi connectivity index (χ1v) is 9.90. The molecule has 0 aliphatic rings. The van der Waals surface area contributed by atoms with E-state index in [4.69, 9.17) is 15.3 Å². The van der Waals surface area contributed by atoms with Gasteiger partial charge in [0.25, 0.3) is 0 Å². The smallest absolute Gasteiger partial charge is 0.234 e. The Morgan fingerprint density at radius 3 is 2.75 bits per heavy atom. The highest BCUT2D eigenvalue weighted by Gasteiger charge is 2.15. The molecular formula is C18H18BrN5O3S. The van der Waals surface area contributed by atoms with Crippen molar-refractivity contribution < 1.29 is 14.3 Å². The van der Waals surface area contributed by atoms with Crippen LogP contribution in [-0.4, -0.2) is 40.8 Å². The maximum atomic E-state index is 12.3. The van der Waals surface area contributed by atoms with Gasteiger partial charge in [-0.15, -0.1) is 10.2 Å². The summed E-state index contributed by atoms with van der Waals surface area (Å²) in [6.07, 6.45) is 0. The molecule has 0 spiro atoms. The lowest BCUT2D eigenvalue weighted by molar-refractivity contribution is -0.113. The predicted molar refractivity (Wildman–Crippen MR) is 112 cm³/mol. The van der Waals surface area contributed by atoms with Crippen molar-refractivity contribution in [2.45, 2.75) is 5.16 Å². The van der Waals surface area contributed by atoms with E-state index in [1.54, 1.807) is 25.3 Å². The Morgan fingerprint density at radius 1 is 1.21 bits per heavy atom. The highest BCUT2D eigenvalue weighted by atomic mass is 79.9. The zero-order valence-electron chi connectivity index (χ0n) is 15.2. The van der Waals surface area contributed by atoms with Gasteiger partial charge in [-0.3, -0.25) is 4.79 Å². The molecule has 8 nitrogen and oxygen atoms in total. The van der Waals surface area contributed by atoms with E-state index in [0.717, 1.165) is 10.0 Å². The van der Waals surface area contributed by atoms with E-state index in [2.05, 4.69) is 31.4 Å². The summed E-state index contributed by atoms with van der Waals surface area (Å²) in [4.78, 5) is 12.3. The van der Waals surface area contributed by atoms with Gasteiger partial charge in [0.05, 0.1) is 25.7 Å². The van der Waals surface area contributed by atoms with Crippen molar-refractivity contribution in [2.75, 3.05) is 31.1 Å². The number of anilines is 1. The number of halogens is 1. The molecule has 0 saturated heterocycles. The van der Waals surface area contributed by atoms with Crippen LogP contribution in [0.3, 0.4) is 0 Å². The Kier molecular flexibility index (Phi) is 6.42. The van der Waals surface area contributed by atoms with Crippen molar-refractivity contribution in [3.63, 3.8) is 0 Å². The lowest BCUT2D eigenvalue weighted by Crippen LogP contribution is -2.17. The van der Waals surface area contributed by atoms with Gasteiger partial charge in [-0.2, -0.15) is 0 Å². The number of nitrogens with two attached hydrogens (primary N) is 1. The number of carbonyl (C=O) groups is 1. The van der Waals surface area contributed by atoms with Crippen LogP contribution in [0.4, 0.5) is 5.69 Å². The van der Waals surface area contributed by atoms with Gasteiger partial charge in [0.2, 0.25) is 11.1 Å². The molecule has 3 N–H and O–H groups in total. The number of amides is 1. The van der Waals surface area contributed by atoms with Crippen molar-refractivity contribution in [1.29, 1.82) is 0 Å². The fourth-order valence-electron chi connectivity index (χ4n) is 2.42. The van der Waals surface area contributed by atoms with E-state index in [0.29, 0.717) is 28.2 Å². The number of thioether (sulfide) groups is 1. The van der Waals surface area contributed by atoms with Crippen LogP contribution in [0.15, 0.2) is 52.1 Å². The van der Waals surface area contributed by atoms with Crippen LogP contribution in [0.25, 0.3) is 11.4 Å². The molecule has 0 unspecified atom stereocenters. The largest absolute Gasteiger partial charge is 0.497 e. The van der Waals surface area contributed by atoms with E-state index in [1.807, 2.05) is 24.3 Å². The highest BCUT2D eigenvalue weighted by molar-refractivity contribution is 9.10. The first kappa shape index (κ1) is 20.0. The third kappa shape index (κ3) is 4.57. The van der Waals surface area contributed by atoms with Crippen molar-refractivity contribution in [3.8, 4) is 22.9 Å². The topological polar surface area (TPSA) is 104 Å². The Labute approximate surface area is 174 Å². The number of hydrogen-bond acceptors (Lipinski definition) is 7. The monoisotopic (exact) mass is 463 g/mol. The van der Waals surface area contributed by atoms with E-state index < -0.39 is 0 Å². The molecule has 0 saturated carbocycles. The average molecular weight is 464 g/mol. The second-order valence-corrected chi connectivity index (χ2v) is 7.45. The van der Waals surface area contributed by atoms with Crippen LogP contribution >= 0.6 is 27.7 Å². The van der Waals surface area contributed by atoms with Gasteiger partial charge in [-0.1, -0.05) is 39.8 Å². The summed E-state index contributed by atoms with van der Waals surface area (Å²) in [6.45, 7) is 0. The van der Waals surface area contributed by atoms with Crippen molar-refractivity contribution >= 4 is 39.3 Å². The SMILES string of the molecule is COc1ccc(NC(=O)CSc2nnc(-c3cccc(Br)c3)n2N)c(OC)c1. The molecule has 0 aliphatic heterocycles. The molecule has 10 heteroatoms. The molecule has 3 aromatic rings. The van der Waals surface area contributed by atoms with Crippen molar-refractivity contribution in [3.05, 3.63) is 46.9 Å². The Morgan fingerprint density at radius 2 is 2.04 bits per heavy atom. The maximum absolute atomic E-state index is 12.3. The molecule has 146 valence electrons. The first-order chi connectivity index (χ1) is 13.5. The minimum Gasteiger partial charge on any atom is -0.497 e. The number of ether oxygens (including phenoxy) is 2. The quantitative estimate of drug-likeness (QED) is 0.409. The van der Waals surface area contributed by atoms with Crippen LogP contribution < -0.4 is 20.6 Å². The third-order valence-corrected chi connectivity index (χ3v) is 5.20. The number of rotatable bonds is 7. The summed E-state index contributed by atoms with van der Waals surface area (Å²) >= 11 is 4.61. The Bertz CT molecular complexity index is 995. The van der Waals surface area contributed by atoms with Crippen LogP contribution in [0.5, 0.6) is 11.5 Å². The van der Waals surface area contributed by atoms with E-state index in [1.165, 1.54) is 23.5 Å². The summed E-state index contributed by atoms with van der Waals surface area (Å²) < 4.78 is 12.7. The van der Waals surface area contributed by atoms with Gasteiger partial charge in [0.15, 0.2) is 5.82 Å². The van der Waals surface area contributed by atoms with E-state index in [-0.39, 0.29) is 11.7 Å². The molecule has 1 heterocycles. The van der Waals surface area contributed by atoms with E-state index in [9.17, 15) is 4.79 Å². The molecule has 0 radical (unpaired) electrons. The summed E-state index contributed by atoms with van der Waals surface area (Å²) in [7, 11) is 3.09. The fraction of sp³-hybridized carbons (Fsp3) is 0.167. The maximum Gasteiger partial charge on any atom is 0.234 e. The fourth-order valence-corrected chi connectivity index (χ4v) is 3.47. The highest BCUT2D eigenvalue weighted by Crippen LogP contribution is 2.29. The minimum absolute atomic E-state index is 0.114. The van der Waals surface area contributed by atoms with Crippen molar-refractivity contribution in [2.24, 2.45) is 0 Å². The molecule has 2 aromatic carbocycles. The summed E-state index contributed by atoms with van der Waals surface area (Å²) in [5.74, 6) is 7.65.